The number of ether oxygens (including phenoxy) is 2. The van der Waals surface area contributed by atoms with Crippen LogP contribution in [0.2, 0.25) is 0 Å². The predicted molar refractivity (Wildman–Crippen MR) is 133 cm³/mol. The zero-order chi connectivity index (χ0) is 25.1. The number of hydrogen-bond donors (Lipinski definition) is 3. The molecule has 0 unspecified atom stereocenters. The largest absolute Gasteiger partial charge is 0.497 e. The average molecular weight is 469 g/mol. The fourth-order valence-electron chi connectivity index (χ4n) is 3.95. The van der Waals surface area contributed by atoms with Crippen LogP contribution in [0.4, 0.5) is 0 Å². The van der Waals surface area contributed by atoms with Gasteiger partial charge >= 0.3 is 7.12 Å². The van der Waals surface area contributed by atoms with Gasteiger partial charge in [0.15, 0.2) is 0 Å². The van der Waals surface area contributed by atoms with Crippen molar-refractivity contribution in [1.29, 1.82) is 0 Å². The number of carbonyl (C=O) groups is 2. The molecule has 0 radical (unpaired) electrons. The van der Waals surface area contributed by atoms with Crippen molar-refractivity contribution in [1.82, 2.24) is 5.32 Å². The number of methoxy groups -OCH3 is 2. The van der Waals surface area contributed by atoms with E-state index in [-0.39, 0.29) is 30.4 Å². The van der Waals surface area contributed by atoms with Gasteiger partial charge in [-0.25, -0.2) is 0 Å². The molecular weight excluding hydrogens is 433 g/mol. The molecule has 0 spiro atoms. The van der Waals surface area contributed by atoms with Crippen LogP contribution in [0.25, 0.3) is 0 Å². The summed E-state index contributed by atoms with van der Waals surface area (Å²) in [6.07, 6.45) is 1.58. The molecule has 34 heavy (non-hydrogen) atoms. The lowest BCUT2D eigenvalue weighted by Gasteiger charge is -2.23. The number of Topliss-reactive ketones (excluding diaryl/α,β-unsaturated/α-hetero) is 1. The van der Waals surface area contributed by atoms with Gasteiger partial charge in [-0.05, 0) is 54.5 Å². The number of rotatable bonds is 14. The van der Waals surface area contributed by atoms with E-state index in [1.54, 1.807) is 26.4 Å². The van der Waals surface area contributed by atoms with Gasteiger partial charge in [-0.1, -0.05) is 44.2 Å². The summed E-state index contributed by atoms with van der Waals surface area (Å²) in [4.78, 5) is 26.0. The first-order chi connectivity index (χ1) is 16.2. The summed E-state index contributed by atoms with van der Waals surface area (Å²) < 4.78 is 10.7. The Morgan fingerprint density at radius 2 is 1.74 bits per heavy atom. The fourth-order valence-corrected chi connectivity index (χ4v) is 3.95. The van der Waals surface area contributed by atoms with Gasteiger partial charge in [-0.15, -0.1) is 0 Å². The van der Waals surface area contributed by atoms with Crippen LogP contribution < -0.4 is 14.8 Å². The van der Waals surface area contributed by atoms with Crippen LogP contribution in [0, 0.1) is 11.8 Å². The summed E-state index contributed by atoms with van der Waals surface area (Å²) >= 11 is 0. The van der Waals surface area contributed by atoms with Crippen molar-refractivity contribution in [2.45, 2.75) is 51.9 Å². The third-order valence-corrected chi connectivity index (χ3v) is 5.74. The number of nitrogens with one attached hydrogen (secondary N) is 1. The number of hydrogen-bond acceptors (Lipinski definition) is 6. The van der Waals surface area contributed by atoms with Gasteiger partial charge in [0.05, 0.1) is 20.2 Å². The Hall–Kier alpha value is -2.84. The summed E-state index contributed by atoms with van der Waals surface area (Å²) in [7, 11) is 1.50. The van der Waals surface area contributed by atoms with Gasteiger partial charge in [-0.3, -0.25) is 9.59 Å². The van der Waals surface area contributed by atoms with Gasteiger partial charge in [0.2, 0.25) is 5.91 Å². The van der Waals surface area contributed by atoms with Gasteiger partial charge in [-0.2, -0.15) is 0 Å². The van der Waals surface area contributed by atoms with Crippen LogP contribution in [0.1, 0.15) is 44.2 Å². The standard InChI is InChI=1S/C26H36BNO6/c1-18(2)14-25(27(31)32)28-26(30)21(15-19-8-6-5-7-9-19)16-22(29)11-10-20-17-23(33-3)12-13-24(20)34-4/h5-9,12-13,17-18,21,25,31-32H,10-11,14-16H2,1-4H3,(H,28,30)/t21-,25+/m1/s1. The van der Waals surface area contributed by atoms with Crippen LogP contribution in [0.5, 0.6) is 11.5 Å². The maximum atomic E-state index is 13.1. The summed E-state index contributed by atoms with van der Waals surface area (Å²) in [5, 5.41) is 22.2. The summed E-state index contributed by atoms with van der Waals surface area (Å²) in [6, 6.07) is 15.0. The van der Waals surface area contributed by atoms with Gasteiger partial charge in [0.1, 0.15) is 17.3 Å². The van der Waals surface area contributed by atoms with Crippen molar-refractivity contribution >= 4 is 18.8 Å². The van der Waals surface area contributed by atoms with Gasteiger partial charge in [0.25, 0.3) is 0 Å². The second-order valence-electron chi connectivity index (χ2n) is 8.97. The first kappa shape index (κ1) is 27.4. The zero-order valence-electron chi connectivity index (χ0n) is 20.5. The molecule has 1 amide bonds. The Balaban J connectivity index is 2.11. The molecule has 0 saturated carbocycles. The highest BCUT2D eigenvalue weighted by Gasteiger charge is 2.30. The third kappa shape index (κ3) is 8.84. The molecule has 184 valence electrons. The van der Waals surface area contributed by atoms with E-state index in [9.17, 15) is 19.6 Å². The second kappa shape index (κ2) is 13.8. The van der Waals surface area contributed by atoms with Crippen LogP contribution in [0.15, 0.2) is 48.5 Å². The average Bonchev–Trinajstić information content (AvgIpc) is 2.81. The minimum atomic E-state index is -1.67. The highest BCUT2D eigenvalue weighted by molar-refractivity contribution is 6.43. The second-order valence-corrected chi connectivity index (χ2v) is 8.97. The predicted octanol–water partition coefficient (Wildman–Crippen LogP) is 3.00. The van der Waals surface area contributed by atoms with Crippen molar-refractivity contribution < 1.29 is 29.1 Å². The molecule has 2 aromatic carbocycles. The monoisotopic (exact) mass is 469 g/mol. The lowest BCUT2D eigenvalue weighted by atomic mass is 9.74. The van der Waals surface area contributed by atoms with Crippen LogP contribution >= 0.6 is 0 Å². The molecule has 0 bridgehead atoms. The number of aryl methyl sites for hydroxylation is 1. The summed E-state index contributed by atoms with van der Waals surface area (Å²) in [5.41, 5.74) is 1.80. The van der Waals surface area contributed by atoms with Crippen molar-refractivity contribution in [2.75, 3.05) is 14.2 Å². The molecule has 2 aromatic rings. The van der Waals surface area contributed by atoms with Crippen LogP contribution in [-0.4, -0.2) is 49.0 Å². The Morgan fingerprint density at radius 3 is 2.32 bits per heavy atom. The maximum Gasteiger partial charge on any atom is 0.475 e. The minimum Gasteiger partial charge on any atom is -0.497 e. The molecule has 0 heterocycles. The quantitative estimate of drug-likeness (QED) is 0.368. The normalized spacial score (nSPS) is 12.7. The van der Waals surface area contributed by atoms with Crippen molar-refractivity contribution in [3.63, 3.8) is 0 Å². The van der Waals surface area contributed by atoms with Crippen molar-refractivity contribution in [2.24, 2.45) is 11.8 Å². The molecule has 0 aliphatic carbocycles. The highest BCUT2D eigenvalue weighted by Crippen LogP contribution is 2.26. The summed E-state index contributed by atoms with van der Waals surface area (Å²) in [6.45, 7) is 3.89. The van der Waals surface area contributed by atoms with Crippen molar-refractivity contribution in [3.05, 3.63) is 59.7 Å². The number of ketones is 1. The fraction of sp³-hybridized carbons (Fsp3) is 0.462. The van der Waals surface area contributed by atoms with E-state index in [1.165, 1.54) is 0 Å². The van der Waals surface area contributed by atoms with E-state index < -0.39 is 19.0 Å². The summed E-state index contributed by atoms with van der Waals surface area (Å²) in [5.74, 6) is -0.276. The molecule has 3 N–H and O–H groups in total. The van der Waals surface area contributed by atoms with E-state index in [2.05, 4.69) is 5.32 Å². The number of carbonyl (C=O) groups excluding carboxylic acids is 2. The molecule has 0 saturated heterocycles. The molecule has 0 aliphatic rings. The smallest absolute Gasteiger partial charge is 0.475 e. The SMILES string of the molecule is COc1ccc(OC)c(CCC(=O)C[C@@H](Cc2ccccc2)C(=O)N[C@@H](CC(C)C)B(O)O)c1. The molecule has 0 aromatic heterocycles. The Kier molecular flexibility index (Phi) is 11.1. The first-order valence-electron chi connectivity index (χ1n) is 11.7. The zero-order valence-corrected chi connectivity index (χ0v) is 20.5. The van der Waals surface area contributed by atoms with E-state index in [0.29, 0.717) is 30.8 Å². The minimum absolute atomic E-state index is 0.0501. The van der Waals surface area contributed by atoms with E-state index >= 15 is 0 Å². The number of amides is 1. The van der Waals surface area contributed by atoms with Crippen LogP contribution in [-0.2, 0) is 22.4 Å². The Labute approximate surface area is 202 Å². The highest BCUT2D eigenvalue weighted by atomic mass is 16.5. The molecule has 7 nitrogen and oxygen atoms in total. The van der Waals surface area contributed by atoms with Gasteiger partial charge in [0, 0.05) is 18.8 Å². The molecular formula is C26H36BNO6. The third-order valence-electron chi connectivity index (χ3n) is 5.74. The molecule has 0 aliphatic heterocycles. The number of benzene rings is 2. The van der Waals surface area contributed by atoms with E-state index in [0.717, 1.165) is 11.1 Å². The van der Waals surface area contributed by atoms with E-state index in [1.807, 2.05) is 50.2 Å². The lowest BCUT2D eigenvalue weighted by Crippen LogP contribution is -2.49. The maximum absolute atomic E-state index is 13.1. The topological polar surface area (TPSA) is 105 Å². The Morgan fingerprint density at radius 1 is 1.03 bits per heavy atom. The molecule has 2 rings (SSSR count). The Bertz CT molecular complexity index is 919. The molecule has 0 fully saturated rings. The van der Waals surface area contributed by atoms with Crippen molar-refractivity contribution in [3.8, 4) is 11.5 Å². The van der Waals surface area contributed by atoms with E-state index in [4.69, 9.17) is 9.47 Å². The van der Waals surface area contributed by atoms with Crippen LogP contribution in [0.3, 0.4) is 0 Å². The molecule has 8 heteroatoms. The molecule has 2 atom stereocenters. The van der Waals surface area contributed by atoms with Gasteiger partial charge < -0.3 is 24.8 Å². The lowest BCUT2D eigenvalue weighted by molar-refractivity contribution is -0.129. The first-order valence-corrected chi connectivity index (χ1v) is 11.7.